The summed E-state index contributed by atoms with van der Waals surface area (Å²) in [7, 11) is 1.44. The maximum absolute atomic E-state index is 9.64. The van der Waals surface area contributed by atoms with Gasteiger partial charge in [0.25, 0.3) is 5.95 Å². The maximum atomic E-state index is 9.64. The number of aryl methyl sites for hydroxylation is 1. The number of aromatic nitrogens is 3. The summed E-state index contributed by atoms with van der Waals surface area (Å²) in [4.78, 5) is 0. The van der Waals surface area contributed by atoms with E-state index in [1.807, 2.05) is 6.92 Å². The molecule has 0 unspecified atom stereocenters. The van der Waals surface area contributed by atoms with E-state index in [0.717, 1.165) is 0 Å². The zero-order chi connectivity index (χ0) is 15.4. The fourth-order valence-electron chi connectivity index (χ4n) is 1.63. The Balaban J connectivity index is 2.14. The predicted molar refractivity (Wildman–Crippen MR) is 80.4 cm³/mol. The lowest BCUT2D eigenvalue weighted by Gasteiger charge is -2.06. The van der Waals surface area contributed by atoms with Gasteiger partial charge in [-0.15, -0.1) is 10.2 Å². The van der Waals surface area contributed by atoms with Gasteiger partial charge >= 0.3 is 0 Å². The number of hydrogen-bond donors (Lipinski definition) is 3. The molecule has 112 valence electrons. The van der Waals surface area contributed by atoms with Crippen LogP contribution < -0.4 is 16.0 Å². The molecule has 2 aromatic rings. The number of halogens is 1. The van der Waals surface area contributed by atoms with Gasteiger partial charge in [0.05, 0.1) is 18.3 Å². The molecule has 0 saturated heterocycles. The first-order valence-electron chi connectivity index (χ1n) is 6.11. The molecule has 2 rings (SSSR count). The average Bonchev–Trinajstić information content (AvgIpc) is 2.83. The quantitative estimate of drug-likeness (QED) is 0.437. The minimum Gasteiger partial charge on any atom is -0.503 e. The Morgan fingerprint density at radius 2 is 2.29 bits per heavy atom. The average molecular weight is 311 g/mol. The van der Waals surface area contributed by atoms with E-state index < -0.39 is 0 Å². The third-order valence-corrected chi connectivity index (χ3v) is 3.02. The molecule has 21 heavy (non-hydrogen) atoms. The molecule has 9 heteroatoms. The van der Waals surface area contributed by atoms with Crippen LogP contribution in [0.2, 0.25) is 5.02 Å². The summed E-state index contributed by atoms with van der Waals surface area (Å²) < 4.78 is 6.33. The summed E-state index contributed by atoms with van der Waals surface area (Å²) in [6.07, 6.45) is 2.16. The number of hydrazone groups is 1. The van der Waals surface area contributed by atoms with Crippen molar-refractivity contribution in [2.24, 2.45) is 5.10 Å². The van der Waals surface area contributed by atoms with E-state index in [1.54, 1.807) is 12.1 Å². The topological polar surface area (TPSA) is 111 Å². The van der Waals surface area contributed by atoms with E-state index >= 15 is 0 Å². The first kappa shape index (κ1) is 14.9. The number of anilines is 1. The molecule has 0 bridgehead atoms. The van der Waals surface area contributed by atoms with E-state index in [1.165, 1.54) is 18.0 Å². The van der Waals surface area contributed by atoms with Crippen LogP contribution in [0.25, 0.3) is 0 Å². The molecule has 0 fully saturated rings. The van der Waals surface area contributed by atoms with E-state index in [9.17, 15) is 5.11 Å². The molecular formula is C12H15ClN6O2. The molecular weight excluding hydrogens is 296 g/mol. The number of ether oxygens (including phenoxy) is 1. The standard InChI is InChI=1S/C12H15ClN6O2/c1-3-10-16-18-12(19(10)14)17-15-6-7-4-8(13)11(20)9(5-7)21-2/h4-6,20H,3,14H2,1-2H3,(H,17,18)/b15-6-. The van der Waals surface area contributed by atoms with Crippen LogP contribution in [0.15, 0.2) is 17.2 Å². The summed E-state index contributed by atoms with van der Waals surface area (Å²) in [5.74, 6) is 6.87. The van der Waals surface area contributed by atoms with E-state index in [-0.39, 0.29) is 16.5 Å². The number of phenolic OH excluding ortho intramolecular Hbond substituents is 1. The first-order chi connectivity index (χ1) is 10.1. The van der Waals surface area contributed by atoms with Crippen LogP contribution in [-0.2, 0) is 6.42 Å². The van der Waals surface area contributed by atoms with Gasteiger partial charge in [0, 0.05) is 6.42 Å². The van der Waals surface area contributed by atoms with Gasteiger partial charge in [-0.2, -0.15) is 5.10 Å². The van der Waals surface area contributed by atoms with Gasteiger partial charge in [-0.1, -0.05) is 18.5 Å². The van der Waals surface area contributed by atoms with Crippen molar-refractivity contribution in [1.29, 1.82) is 0 Å². The van der Waals surface area contributed by atoms with Gasteiger partial charge in [0.15, 0.2) is 17.3 Å². The second-order valence-corrected chi connectivity index (χ2v) is 4.49. The number of rotatable bonds is 5. The molecule has 0 saturated carbocycles. The third kappa shape index (κ3) is 3.16. The molecule has 0 spiro atoms. The fraction of sp³-hybridized carbons (Fsp3) is 0.250. The van der Waals surface area contributed by atoms with Crippen LogP contribution in [0.1, 0.15) is 18.3 Å². The number of methoxy groups -OCH3 is 1. The second-order valence-electron chi connectivity index (χ2n) is 4.09. The number of nitrogens with two attached hydrogens (primary N) is 1. The molecule has 0 aliphatic heterocycles. The summed E-state index contributed by atoms with van der Waals surface area (Å²) in [5.41, 5.74) is 3.31. The van der Waals surface area contributed by atoms with Gasteiger partial charge < -0.3 is 15.7 Å². The first-order valence-corrected chi connectivity index (χ1v) is 6.49. The number of benzene rings is 1. The minimum atomic E-state index is -0.112. The number of phenols is 1. The van der Waals surface area contributed by atoms with Gasteiger partial charge in [0.1, 0.15) is 0 Å². The summed E-state index contributed by atoms with van der Waals surface area (Å²) in [6, 6.07) is 3.15. The zero-order valence-electron chi connectivity index (χ0n) is 11.5. The van der Waals surface area contributed by atoms with Gasteiger partial charge in [-0.3, -0.25) is 0 Å². The van der Waals surface area contributed by atoms with E-state index in [4.69, 9.17) is 22.2 Å². The van der Waals surface area contributed by atoms with Crippen molar-refractivity contribution in [1.82, 2.24) is 14.9 Å². The number of aromatic hydroxyl groups is 1. The lowest BCUT2D eigenvalue weighted by molar-refractivity contribution is 0.373. The Bertz CT molecular complexity index is 670. The molecule has 1 aromatic carbocycles. The number of hydrogen-bond acceptors (Lipinski definition) is 7. The zero-order valence-corrected chi connectivity index (χ0v) is 12.3. The van der Waals surface area contributed by atoms with Crippen molar-refractivity contribution in [2.45, 2.75) is 13.3 Å². The third-order valence-electron chi connectivity index (χ3n) is 2.73. The Labute approximate surface area is 126 Å². The number of nitrogens with one attached hydrogen (secondary N) is 1. The van der Waals surface area contributed by atoms with Crippen LogP contribution in [0.4, 0.5) is 5.95 Å². The molecule has 0 aliphatic carbocycles. The van der Waals surface area contributed by atoms with Crippen LogP contribution in [0, 0.1) is 0 Å². The Kier molecular flexibility index (Phi) is 4.49. The van der Waals surface area contributed by atoms with E-state index in [2.05, 4.69) is 20.7 Å². The SMILES string of the molecule is CCc1nnc(N/N=C\c2cc(Cl)c(O)c(OC)c2)n1N. The Hall–Kier alpha value is -2.48. The summed E-state index contributed by atoms with van der Waals surface area (Å²) in [5, 5.41) is 21.5. The summed E-state index contributed by atoms with van der Waals surface area (Å²) >= 11 is 5.88. The fourth-order valence-corrected chi connectivity index (χ4v) is 1.85. The lowest BCUT2D eigenvalue weighted by Crippen LogP contribution is -2.14. The van der Waals surface area contributed by atoms with E-state index in [0.29, 0.717) is 23.8 Å². The van der Waals surface area contributed by atoms with Crippen LogP contribution in [-0.4, -0.2) is 33.3 Å². The largest absolute Gasteiger partial charge is 0.503 e. The smallest absolute Gasteiger partial charge is 0.263 e. The van der Waals surface area contributed by atoms with Crippen molar-refractivity contribution in [3.8, 4) is 11.5 Å². The van der Waals surface area contributed by atoms with Crippen molar-refractivity contribution >= 4 is 23.8 Å². The molecule has 0 radical (unpaired) electrons. The van der Waals surface area contributed by atoms with Crippen molar-refractivity contribution < 1.29 is 9.84 Å². The number of nitrogens with zero attached hydrogens (tertiary/aromatic N) is 4. The highest BCUT2D eigenvalue weighted by atomic mass is 35.5. The normalized spacial score (nSPS) is 11.0. The molecule has 4 N–H and O–H groups in total. The maximum Gasteiger partial charge on any atom is 0.263 e. The molecule has 0 aliphatic rings. The van der Waals surface area contributed by atoms with Crippen molar-refractivity contribution in [2.75, 3.05) is 18.4 Å². The molecule has 8 nitrogen and oxygen atoms in total. The lowest BCUT2D eigenvalue weighted by atomic mass is 10.2. The molecule has 0 atom stereocenters. The summed E-state index contributed by atoms with van der Waals surface area (Å²) in [6.45, 7) is 1.92. The van der Waals surface area contributed by atoms with Crippen LogP contribution >= 0.6 is 11.6 Å². The van der Waals surface area contributed by atoms with Gasteiger partial charge in [-0.05, 0) is 17.7 Å². The highest BCUT2D eigenvalue weighted by Crippen LogP contribution is 2.34. The van der Waals surface area contributed by atoms with Crippen molar-refractivity contribution in [3.05, 3.63) is 28.5 Å². The molecule has 1 heterocycles. The highest BCUT2D eigenvalue weighted by Gasteiger charge is 2.08. The Morgan fingerprint density at radius 1 is 1.52 bits per heavy atom. The Morgan fingerprint density at radius 3 is 2.90 bits per heavy atom. The van der Waals surface area contributed by atoms with Gasteiger partial charge in [0.2, 0.25) is 0 Å². The van der Waals surface area contributed by atoms with Gasteiger partial charge in [-0.25, -0.2) is 10.1 Å². The van der Waals surface area contributed by atoms with Crippen LogP contribution in [0.5, 0.6) is 11.5 Å². The minimum absolute atomic E-state index is 0.112. The predicted octanol–water partition coefficient (Wildman–Crippen LogP) is 1.37. The highest BCUT2D eigenvalue weighted by molar-refractivity contribution is 6.32. The monoisotopic (exact) mass is 310 g/mol. The van der Waals surface area contributed by atoms with Crippen LogP contribution in [0.3, 0.4) is 0 Å². The number of nitrogen functional groups attached to an aromatic ring is 1. The molecule has 1 aromatic heterocycles. The second kappa shape index (κ2) is 6.31. The van der Waals surface area contributed by atoms with Crippen molar-refractivity contribution in [3.63, 3.8) is 0 Å². The molecule has 0 amide bonds.